The van der Waals surface area contributed by atoms with Crippen molar-refractivity contribution < 1.29 is 23.4 Å². The van der Waals surface area contributed by atoms with Crippen molar-refractivity contribution >= 4 is 11.5 Å². The molecule has 0 bridgehead atoms. The highest BCUT2D eigenvalue weighted by molar-refractivity contribution is 5.81. The van der Waals surface area contributed by atoms with Gasteiger partial charge in [0, 0.05) is 50.5 Å². The second-order valence-electron chi connectivity index (χ2n) is 9.00. The van der Waals surface area contributed by atoms with Crippen LogP contribution in [0.4, 0.5) is 10.1 Å². The summed E-state index contributed by atoms with van der Waals surface area (Å²) in [5, 5.41) is 3.09. The van der Waals surface area contributed by atoms with Gasteiger partial charge in [0.25, 0.3) is 0 Å². The van der Waals surface area contributed by atoms with E-state index in [0.717, 1.165) is 49.4 Å². The minimum absolute atomic E-state index is 0.0378. The van der Waals surface area contributed by atoms with E-state index in [9.17, 15) is 9.18 Å². The summed E-state index contributed by atoms with van der Waals surface area (Å²) in [7, 11) is 1.60. The lowest BCUT2D eigenvalue weighted by molar-refractivity contribution is -0.115. The van der Waals surface area contributed by atoms with E-state index in [1.807, 2.05) is 12.1 Å². The maximum atomic E-state index is 13.5. The van der Waals surface area contributed by atoms with E-state index in [4.69, 9.17) is 19.9 Å². The molecule has 0 amide bonds. The van der Waals surface area contributed by atoms with Crippen LogP contribution in [-0.4, -0.2) is 62.2 Å². The maximum absolute atomic E-state index is 13.5. The number of nitrogens with zero attached hydrogens (tertiary/aromatic N) is 1. The van der Waals surface area contributed by atoms with Gasteiger partial charge in [-0.25, -0.2) is 4.39 Å². The molecule has 178 valence electrons. The Morgan fingerprint density at radius 2 is 2.06 bits per heavy atom. The van der Waals surface area contributed by atoms with Gasteiger partial charge in [-0.2, -0.15) is 0 Å². The first kappa shape index (κ1) is 23.3. The van der Waals surface area contributed by atoms with E-state index in [1.165, 1.54) is 13.0 Å². The van der Waals surface area contributed by atoms with Gasteiger partial charge in [0.2, 0.25) is 0 Å². The van der Waals surface area contributed by atoms with Crippen LogP contribution in [0.3, 0.4) is 0 Å². The van der Waals surface area contributed by atoms with Crippen molar-refractivity contribution in [2.45, 2.75) is 37.8 Å². The van der Waals surface area contributed by atoms with Gasteiger partial charge < -0.3 is 30.2 Å². The van der Waals surface area contributed by atoms with E-state index in [-0.39, 0.29) is 29.8 Å². The normalized spacial score (nSPS) is 17.8. The molecule has 2 heterocycles. The smallest absolute Gasteiger partial charge is 0.148 e. The van der Waals surface area contributed by atoms with Gasteiger partial charge in [-0.15, -0.1) is 0 Å². The number of piperidine rings is 1. The first-order valence-corrected chi connectivity index (χ1v) is 11.4. The molecule has 0 radical (unpaired) electrons. The summed E-state index contributed by atoms with van der Waals surface area (Å²) in [6.45, 7) is 4.54. The Morgan fingerprint density at radius 1 is 1.27 bits per heavy atom. The van der Waals surface area contributed by atoms with Gasteiger partial charge in [-0.3, -0.25) is 4.79 Å². The van der Waals surface area contributed by atoms with Gasteiger partial charge in [-0.1, -0.05) is 0 Å². The quantitative estimate of drug-likeness (QED) is 0.599. The number of benzene rings is 2. The number of methoxy groups -OCH3 is 1. The Bertz CT molecular complexity index is 992. The molecule has 7 nitrogen and oxygen atoms in total. The van der Waals surface area contributed by atoms with E-state index < -0.39 is 0 Å². The van der Waals surface area contributed by atoms with Crippen molar-refractivity contribution in [3.8, 4) is 17.2 Å². The topological polar surface area (TPSA) is 86.0 Å². The molecule has 3 N–H and O–H groups in total. The first-order chi connectivity index (χ1) is 15.9. The second-order valence-corrected chi connectivity index (χ2v) is 9.00. The van der Waals surface area contributed by atoms with Crippen molar-refractivity contribution in [2.75, 3.05) is 45.2 Å². The van der Waals surface area contributed by atoms with Crippen molar-refractivity contribution in [1.29, 1.82) is 0 Å². The van der Waals surface area contributed by atoms with Crippen LogP contribution in [0.15, 0.2) is 36.4 Å². The fourth-order valence-electron chi connectivity index (χ4n) is 4.52. The molecule has 4 rings (SSSR count). The number of ether oxygens (including phenoxy) is 3. The van der Waals surface area contributed by atoms with Crippen LogP contribution in [-0.2, 0) is 11.2 Å². The zero-order valence-corrected chi connectivity index (χ0v) is 19.2. The number of hydrogen-bond donors (Lipinski definition) is 2. The van der Waals surface area contributed by atoms with Crippen molar-refractivity contribution in [2.24, 2.45) is 5.73 Å². The number of carbonyl (C=O) groups excluding carboxylic acids is 1. The van der Waals surface area contributed by atoms with Gasteiger partial charge >= 0.3 is 0 Å². The molecular weight excluding hydrogens is 425 g/mol. The predicted octanol–water partition coefficient (Wildman–Crippen LogP) is 3.01. The van der Waals surface area contributed by atoms with Crippen LogP contribution < -0.4 is 25.3 Å². The third kappa shape index (κ3) is 5.75. The van der Waals surface area contributed by atoms with Crippen LogP contribution in [0, 0.1) is 5.82 Å². The molecule has 0 saturated carbocycles. The van der Waals surface area contributed by atoms with E-state index >= 15 is 0 Å². The second kappa shape index (κ2) is 9.97. The van der Waals surface area contributed by atoms with Crippen LogP contribution in [0.2, 0.25) is 0 Å². The minimum Gasteiger partial charge on any atom is -0.497 e. The number of carbonyl (C=O) groups is 1. The fourth-order valence-corrected chi connectivity index (χ4v) is 4.52. The molecule has 1 atom stereocenters. The SMILES string of the molecule is COc1ccc(NCC(C)=O)c(OC[C@H](N)CN2CCC3(CC2)Cc2cc(F)ccc2O3)c1. The number of nitrogens with two attached hydrogens (primary N) is 1. The molecule has 1 fully saturated rings. The monoisotopic (exact) mass is 457 g/mol. The molecule has 8 heteroatoms. The third-order valence-corrected chi connectivity index (χ3v) is 6.29. The summed E-state index contributed by atoms with van der Waals surface area (Å²) in [6, 6.07) is 10.0. The van der Waals surface area contributed by atoms with Crippen molar-refractivity contribution in [3.63, 3.8) is 0 Å². The highest BCUT2D eigenvalue weighted by Gasteiger charge is 2.42. The zero-order valence-electron chi connectivity index (χ0n) is 19.2. The lowest BCUT2D eigenvalue weighted by Gasteiger charge is -2.39. The number of likely N-dealkylation sites (tertiary alicyclic amines) is 1. The average molecular weight is 458 g/mol. The Hall–Kier alpha value is -2.84. The Balaban J connectivity index is 1.27. The molecule has 0 unspecified atom stereocenters. The highest BCUT2D eigenvalue weighted by atomic mass is 19.1. The molecule has 2 aromatic rings. The molecule has 0 aliphatic carbocycles. The number of halogens is 1. The van der Waals surface area contributed by atoms with Gasteiger partial charge in [0.15, 0.2) is 0 Å². The number of fused-ring (bicyclic) bond motifs is 1. The zero-order chi connectivity index (χ0) is 23.4. The van der Waals surface area contributed by atoms with Crippen LogP contribution in [0.5, 0.6) is 17.2 Å². The summed E-state index contributed by atoms with van der Waals surface area (Å²) >= 11 is 0. The Morgan fingerprint density at radius 3 is 2.79 bits per heavy atom. The number of rotatable bonds is 9. The van der Waals surface area contributed by atoms with Gasteiger partial charge in [0.1, 0.15) is 41.1 Å². The predicted molar refractivity (Wildman–Crippen MR) is 125 cm³/mol. The molecule has 2 aromatic carbocycles. The molecule has 2 aliphatic rings. The molecule has 0 aromatic heterocycles. The van der Waals surface area contributed by atoms with E-state index in [2.05, 4.69) is 10.2 Å². The summed E-state index contributed by atoms with van der Waals surface area (Å²) in [5.74, 6) is 1.91. The largest absolute Gasteiger partial charge is 0.497 e. The Kier molecular flexibility index (Phi) is 7.05. The molecule has 2 aliphatic heterocycles. The Labute approximate surface area is 194 Å². The van der Waals surface area contributed by atoms with Crippen LogP contribution in [0.25, 0.3) is 0 Å². The summed E-state index contributed by atoms with van der Waals surface area (Å²) in [6.07, 6.45) is 2.52. The molecular formula is C25H32FN3O4. The number of anilines is 1. The maximum Gasteiger partial charge on any atom is 0.148 e. The van der Waals surface area contributed by atoms with Crippen molar-refractivity contribution in [1.82, 2.24) is 4.90 Å². The summed E-state index contributed by atoms with van der Waals surface area (Å²) < 4.78 is 31.1. The van der Waals surface area contributed by atoms with Crippen molar-refractivity contribution in [3.05, 3.63) is 47.8 Å². The molecule has 1 saturated heterocycles. The first-order valence-electron chi connectivity index (χ1n) is 11.4. The lowest BCUT2D eigenvalue weighted by atomic mass is 9.87. The highest BCUT2D eigenvalue weighted by Crippen LogP contribution is 2.41. The minimum atomic E-state index is -0.231. The third-order valence-electron chi connectivity index (χ3n) is 6.29. The van der Waals surface area contributed by atoms with Gasteiger partial charge in [-0.05, 0) is 37.3 Å². The average Bonchev–Trinajstić information content (AvgIpc) is 3.15. The van der Waals surface area contributed by atoms with Crippen LogP contribution >= 0.6 is 0 Å². The van der Waals surface area contributed by atoms with Gasteiger partial charge in [0.05, 0.1) is 25.4 Å². The summed E-state index contributed by atoms with van der Waals surface area (Å²) in [5.41, 5.74) is 7.84. The standard InChI is InChI=1S/C25H32FN3O4/c1-17(30)14-28-22-5-4-21(31-2)12-24(22)32-16-20(27)15-29-9-7-25(8-10-29)13-18-11-19(26)3-6-23(18)33-25/h3-6,11-12,20,28H,7-10,13-16,27H2,1-2H3/t20-/m1/s1. The van der Waals surface area contributed by atoms with E-state index in [1.54, 1.807) is 25.3 Å². The number of ketones is 1. The number of nitrogens with one attached hydrogen (secondary N) is 1. The lowest BCUT2D eigenvalue weighted by Crippen LogP contribution is -2.51. The van der Waals surface area contributed by atoms with Crippen LogP contribution in [0.1, 0.15) is 25.3 Å². The molecule has 33 heavy (non-hydrogen) atoms. The van der Waals surface area contributed by atoms with E-state index in [0.29, 0.717) is 24.7 Å². The molecule has 1 spiro atoms. The summed E-state index contributed by atoms with van der Waals surface area (Å²) in [4.78, 5) is 13.7. The number of Topliss-reactive ketones (excluding diaryl/α,β-unsaturated/α-hetero) is 1. The number of hydrogen-bond acceptors (Lipinski definition) is 7. The fraction of sp³-hybridized carbons (Fsp3) is 0.480.